The van der Waals surface area contributed by atoms with Crippen molar-refractivity contribution in [1.29, 1.82) is 0 Å². The Kier molecular flexibility index (Phi) is 4.68. The summed E-state index contributed by atoms with van der Waals surface area (Å²) in [7, 11) is 0. The molecule has 1 aromatic heterocycles. The number of hydrogen-bond acceptors (Lipinski definition) is 2. The fraction of sp³-hybridized carbons (Fsp3) is 0.286. The Morgan fingerprint density at radius 3 is 2.65 bits per heavy atom. The molecule has 20 heavy (non-hydrogen) atoms. The molecule has 4 nitrogen and oxygen atoms in total. The molecule has 1 heterocycles. The van der Waals surface area contributed by atoms with Gasteiger partial charge in [0, 0.05) is 18.8 Å². The Morgan fingerprint density at radius 1 is 1.35 bits per heavy atom. The van der Waals surface area contributed by atoms with Crippen LogP contribution in [0.1, 0.15) is 29.8 Å². The standard InChI is InChI=1S/C14H15Cl2N3O/c1-9(2)19(14(20)11-6-17-18-7-11)8-10-3-4-12(15)13(16)5-10/h3-7,9H,8H2,1-2H3,(H,17,18). The highest BCUT2D eigenvalue weighted by Gasteiger charge is 2.20. The van der Waals surface area contributed by atoms with Crippen molar-refractivity contribution < 1.29 is 4.79 Å². The van der Waals surface area contributed by atoms with Crippen molar-refractivity contribution in [1.82, 2.24) is 15.1 Å². The Labute approximate surface area is 127 Å². The van der Waals surface area contributed by atoms with E-state index < -0.39 is 0 Å². The summed E-state index contributed by atoms with van der Waals surface area (Å²) in [6.07, 6.45) is 3.11. The number of carbonyl (C=O) groups excluding carboxylic acids is 1. The molecule has 0 fully saturated rings. The van der Waals surface area contributed by atoms with Crippen molar-refractivity contribution in [3.05, 3.63) is 51.8 Å². The number of amides is 1. The van der Waals surface area contributed by atoms with Crippen molar-refractivity contribution in [3.63, 3.8) is 0 Å². The number of halogens is 2. The highest BCUT2D eigenvalue weighted by atomic mass is 35.5. The fourth-order valence-corrected chi connectivity index (χ4v) is 2.18. The lowest BCUT2D eigenvalue weighted by molar-refractivity contribution is 0.0690. The Morgan fingerprint density at radius 2 is 2.10 bits per heavy atom. The van der Waals surface area contributed by atoms with Crippen LogP contribution in [0.25, 0.3) is 0 Å². The zero-order valence-corrected chi connectivity index (χ0v) is 12.7. The van der Waals surface area contributed by atoms with Gasteiger partial charge in [-0.3, -0.25) is 9.89 Å². The first-order valence-corrected chi connectivity index (χ1v) is 6.98. The topological polar surface area (TPSA) is 49.0 Å². The molecule has 0 atom stereocenters. The highest BCUT2D eigenvalue weighted by molar-refractivity contribution is 6.42. The normalized spacial score (nSPS) is 10.8. The van der Waals surface area contributed by atoms with Crippen LogP contribution in [-0.4, -0.2) is 27.0 Å². The van der Waals surface area contributed by atoms with Crippen LogP contribution in [0, 0.1) is 0 Å². The third kappa shape index (κ3) is 3.32. The largest absolute Gasteiger partial charge is 0.332 e. The number of H-pyrrole nitrogens is 1. The van der Waals surface area contributed by atoms with Gasteiger partial charge in [0.05, 0.1) is 21.8 Å². The number of benzene rings is 1. The maximum atomic E-state index is 12.4. The zero-order valence-electron chi connectivity index (χ0n) is 11.2. The van der Waals surface area contributed by atoms with Crippen LogP contribution in [-0.2, 0) is 6.54 Å². The van der Waals surface area contributed by atoms with E-state index in [2.05, 4.69) is 10.2 Å². The number of nitrogens with zero attached hydrogens (tertiary/aromatic N) is 2. The smallest absolute Gasteiger partial charge is 0.257 e. The maximum absolute atomic E-state index is 12.4. The monoisotopic (exact) mass is 311 g/mol. The van der Waals surface area contributed by atoms with E-state index in [0.717, 1.165) is 5.56 Å². The summed E-state index contributed by atoms with van der Waals surface area (Å²) in [5, 5.41) is 7.45. The molecule has 2 rings (SSSR count). The summed E-state index contributed by atoms with van der Waals surface area (Å²) in [4.78, 5) is 14.2. The zero-order chi connectivity index (χ0) is 14.7. The molecule has 1 aromatic carbocycles. The first-order chi connectivity index (χ1) is 9.49. The van der Waals surface area contributed by atoms with E-state index in [-0.39, 0.29) is 11.9 Å². The predicted molar refractivity (Wildman–Crippen MR) is 80.1 cm³/mol. The molecule has 0 saturated heterocycles. The molecule has 106 valence electrons. The lowest BCUT2D eigenvalue weighted by atomic mass is 10.1. The number of hydrogen-bond donors (Lipinski definition) is 1. The lowest BCUT2D eigenvalue weighted by Gasteiger charge is -2.26. The highest BCUT2D eigenvalue weighted by Crippen LogP contribution is 2.24. The van der Waals surface area contributed by atoms with E-state index >= 15 is 0 Å². The Balaban J connectivity index is 2.21. The van der Waals surface area contributed by atoms with Crippen LogP contribution in [0.5, 0.6) is 0 Å². The molecular formula is C14H15Cl2N3O. The summed E-state index contributed by atoms with van der Waals surface area (Å²) >= 11 is 11.9. The van der Waals surface area contributed by atoms with E-state index in [9.17, 15) is 4.79 Å². The van der Waals surface area contributed by atoms with Crippen molar-refractivity contribution in [2.24, 2.45) is 0 Å². The molecule has 0 bridgehead atoms. The predicted octanol–water partition coefficient (Wildman–Crippen LogP) is 3.77. The fourth-order valence-electron chi connectivity index (χ4n) is 1.86. The molecule has 1 N–H and O–H groups in total. The number of carbonyl (C=O) groups is 1. The van der Waals surface area contributed by atoms with E-state index in [1.807, 2.05) is 19.9 Å². The van der Waals surface area contributed by atoms with Gasteiger partial charge in [-0.05, 0) is 31.5 Å². The van der Waals surface area contributed by atoms with Gasteiger partial charge in [-0.25, -0.2) is 0 Å². The second-order valence-corrected chi connectivity index (χ2v) is 5.58. The molecule has 0 aliphatic rings. The second kappa shape index (κ2) is 6.29. The number of aromatic amines is 1. The summed E-state index contributed by atoms with van der Waals surface area (Å²) in [6.45, 7) is 4.41. The second-order valence-electron chi connectivity index (χ2n) is 4.76. The van der Waals surface area contributed by atoms with Crippen molar-refractivity contribution in [2.45, 2.75) is 26.4 Å². The first kappa shape index (κ1) is 14.9. The molecule has 0 radical (unpaired) electrons. The maximum Gasteiger partial charge on any atom is 0.257 e. The van der Waals surface area contributed by atoms with Gasteiger partial charge in [0.25, 0.3) is 5.91 Å². The summed E-state index contributed by atoms with van der Waals surface area (Å²) in [5.41, 5.74) is 1.48. The molecule has 0 saturated carbocycles. The molecule has 2 aromatic rings. The number of rotatable bonds is 4. The number of nitrogens with one attached hydrogen (secondary N) is 1. The molecule has 0 spiro atoms. The van der Waals surface area contributed by atoms with Crippen LogP contribution in [0.15, 0.2) is 30.6 Å². The van der Waals surface area contributed by atoms with Gasteiger partial charge in [0.2, 0.25) is 0 Å². The summed E-state index contributed by atoms with van der Waals surface area (Å²) in [6, 6.07) is 5.45. The van der Waals surface area contributed by atoms with E-state index in [1.54, 1.807) is 23.2 Å². The minimum atomic E-state index is -0.0696. The van der Waals surface area contributed by atoms with Gasteiger partial charge >= 0.3 is 0 Å². The Hall–Kier alpha value is -1.52. The lowest BCUT2D eigenvalue weighted by Crippen LogP contribution is -2.36. The van der Waals surface area contributed by atoms with Gasteiger partial charge in [-0.2, -0.15) is 5.10 Å². The number of aromatic nitrogens is 2. The quantitative estimate of drug-likeness (QED) is 0.934. The van der Waals surface area contributed by atoms with Gasteiger partial charge in [0.1, 0.15) is 0 Å². The average molecular weight is 312 g/mol. The molecule has 6 heteroatoms. The van der Waals surface area contributed by atoms with Gasteiger partial charge in [-0.15, -0.1) is 0 Å². The minimum Gasteiger partial charge on any atom is -0.332 e. The van der Waals surface area contributed by atoms with E-state index in [4.69, 9.17) is 23.2 Å². The van der Waals surface area contributed by atoms with Crippen molar-refractivity contribution >= 4 is 29.1 Å². The molecule has 0 unspecified atom stereocenters. The van der Waals surface area contributed by atoms with Crippen LogP contribution in [0.2, 0.25) is 10.0 Å². The van der Waals surface area contributed by atoms with Crippen LogP contribution >= 0.6 is 23.2 Å². The summed E-state index contributed by atoms with van der Waals surface area (Å²) < 4.78 is 0. The SMILES string of the molecule is CC(C)N(Cc1ccc(Cl)c(Cl)c1)C(=O)c1cn[nH]c1. The minimum absolute atomic E-state index is 0.0619. The molecule has 1 amide bonds. The van der Waals surface area contributed by atoms with E-state index in [1.165, 1.54) is 6.20 Å². The van der Waals surface area contributed by atoms with Crippen molar-refractivity contribution in [2.75, 3.05) is 0 Å². The van der Waals surface area contributed by atoms with Crippen LogP contribution < -0.4 is 0 Å². The summed E-state index contributed by atoms with van der Waals surface area (Å²) in [5.74, 6) is -0.0696. The first-order valence-electron chi connectivity index (χ1n) is 6.22. The molecule has 0 aliphatic carbocycles. The van der Waals surface area contributed by atoms with Gasteiger partial charge < -0.3 is 4.90 Å². The third-order valence-electron chi connectivity index (χ3n) is 2.97. The van der Waals surface area contributed by atoms with Crippen LogP contribution in [0.4, 0.5) is 0 Å². The van der Waals surface area contributed by atoms with Gasteiger partial charge in [0.15, 0.2) is 0 Å². The molecular weight excluding hydrogens is 297 g/mol. The van der Waals surface area contributed by atoms with Crippen molar-refractivity contribution in [3.8, 4) is 0 Å². The molecule has 0 aliphatic heterocycles. The van der Waals surface area contributed by atoms with Crippen LogP contribution in [0.3, 0.4) is 0 Å². The van der Waals surface area contributed by atoms with Gasteiger partial charge in [-0.1, -0.05) is 29.3 Å². The van der Waals surface area contributed by atoms with E-state index in [0.29, 0.717) is 22.2 Å². The third-order valence-corrected chi connectivity index (χ3v) is 3.71. The average Bonchev–Trinajstić information content (AvgIpc) is 2.93. The Bertz CT molecular complexity index is 596.